The highest BCUT2D eigenvalue weighted by Crippen LogP contribution is 2.56. The number of hydrogen-bond donors (Lipinski definition) is 0. The summed E-state index contributed by atoms with van der Waals surface area (Å²) in [5, 5.41) is 6.24. The molecule has 2 aliphatic heterocycles. The largest absolute Gasteiger partial charge is 0.456 e. The molecule has 0 spiro atoms. The summed E-state index contributed by atoms with van der Waals surface area (Å²) in [6.07, 6.45) is 0. The van der Waals surface area contributed by atoms with Gasteiger partial charge in [0.25, 0.3) is 6.71 Å². The van der Waals surface area contributed by atoms with E-state index in [1.54, 1.807) is 0 Å². The molecule has 0 aliphatic carbocycles. The van der Waals surface area contributed by atoms with Crippen LogP contribution in [0.5, 0.6) is 0 Å². The maximum absolute atomic E-state index is 7.61. The molecule has 6 heteroatoms. The highest BCUT2D eigenvalue weighted by molar-refractivity contribution is 7.01. The van der Waals surface area contributed by atoms with Gasteiger partial charge in [-0.1, -0.05) is 249 Å². The minimum absolute atomic E-state index is 0.372. The summed E-state index contributed by atoms with van der Waals surface area (Å²) in [4.78, 5) is 5.19. The van der Waals surface area contributed by atoms with E-state index < -0.39 is 0 Å². The quantitative estimate of drug-likeness (QED) is 0.142. The molecular weight excluding hydrogens is 1100 g/mol. The van der Waals surface area contributed by atoms with Gasteiger partial charge < -0.3 is 23.1 Å². The molecule has 0 bridgehead atoms. The maximum Gasteiger partial charge on any atom is 0.252 e. The summed E-state index contributed by atoms with van der Waals surface area (Å²) in [5.41, 5.74) is 27.7. The number of fused-ring (bicyclic) bond motifs is 14. The van der Waals surface area contributed by atoms with E-state index in [1.165, 1.54) is 0 Å². The van der Waals surface area contributed by atoms with E-state index >= 15 is 0 Å². The van der Waals surface area contributed by atoms with Gasteiger partial charge in [0.05, 0.1) is 17.1 Å². The molecule has 0 unspecified atom stereocenters. The number of furan rings is 3. The fraction of sp³-hybridized carbons (Fsp3) is 0. The molecular formula is C84H51BN2O3. The van der Waals surface area contributed by atoms with Crippen LogP contribution in [0, 0.1) is 0 Å². The highest BCUT2D eigenvalue weighted by Gasteiger charge is 2.48. The third-order valence-corrected chi connectivity index (χ3v) is 18.8. The molecule has 0 radical (unpaired) electrons. The second kappa shape index (κ2) is 19.8. The molecule has 2 aliphatic rings. The summed E-state index contributed by atoms with van der Waals surface area (Å²) in [5.74, 6) is 0. The smallest absolute Gasteiger partial charge is 0.252 e. The Morgan fingerprint density at radius 2 is 0.578 bits per heavy atom. The van der Waals surface area contributed by atoms with Gasteiger partial charge in [0.1, 0.15) is 27.9 Å². The van der Waals surface area contributed by atoms with Gasteiger partial charge in [-0.15, -0.1) is 0 Å². The lowest BCUT2D eigenvalue weighted by molar-refractivity contribution is 0.669. The Labute approximate surface area is 519 Å². The van der Waals surface area contributed by atoms with Crippen LogP contribution in [0.2, 0.25) is 0 Å². The summed E-state index contributed by atoms with van der Waals surface area (Å²) in [7, 11) is 0. The fourth-order valence-electron chi connectivity index (χ4n) is 14.9. The minimum atomic E-state index is -0.372. The average Bonchev–Trinajstić information content (AvgIpc) is 1.30. The van der Waals surface area contributed by atoms with Crippen LogP contribution in [-0.4, -0.2) is 6.71 Å². The van der Waals surface area contributed by atoms with Crippen LogP contribution >= 0.6 is 0 Å². The standard InChI is InChI=1S/C84H51BN2O3/c1-5-23-52(24-6-1)56-31-19-33-58(45-56)62-40-22-41-63(59-34-20-32-57(46-59)53-25-7-2-8-26-53)82(62)87-73-48-68-65-36-14-17-43-76(65)89-79(68)51-71(73)85-70-50-78-67(64-35-13-16-42-75(64)88-78)47-72(70)86(74-49-69-66-37-15-18-44-77(66)90-84(69)83(87)80(74)85)81-60(54-27-9-3-10-28-54)38-21-39-61(81)55-29-11-4-12-30-55/h1-51H. The Morgan fingerprint density at radius 1 is 0.222 bits per heavy atom. The zero-order valence-electron chi connectivity index (χ0n) is 48.6. The number of nitrogens with zero attached hydrogens (tertiary/aromatic N) is 2. The van der Waals surface area contributed by atoms with Crippen LogP contribution in [0.25, 0.3) is 133 Å². The van der Waals surface area contributed by atoms with Crippen LogP contribution in [0.1, 0.15) is 0 Å². The van der Waals surface area contributed by atoms with Crippen molar-refractivity contribution in [3.63, 3.8) is 0 Å². The third-order valence-electron chi connectivity index (χ3n) is 18.8. The van der Waals surface area contributed by atoms with Crippen LogP contribution in [0.4, 0.5) is 34.1 Å². The first-order valence-corrected chi connectivity index (χ1v) is 30.8. The molecule has 0 atom stereocenters. The Morgan fingerprint density at radius 3 is 1.07 bits per heavy atom. The molecule has 5 nitrogen and oxygen atoms in total. The lowest BCUT2D eigenvalue weighted by atomic mass is 9.33. The Kier molecular flexibility index (Phi) is 11.1. The van der Waals surface area contributed by atoms with E-state index in [9.17, 15) is 0 Å². The van der Waals surface area contributed by atoms with Gasteiger partial charge in [-0.2, -0.15) is 0 Å². The van der Waals surface area contributed by atoms with Gasteiger partial charge in [0, 0.05) is 71.6 Å². The summed E-state index contributed by atoms with van der Waals surface area (Å²) < 4.78 is 21.7. The molecule has 418 valence electrons. The van der Waals surface area contributed by atoms with E-state index in [4.69, 9.17) is 13.3 Å². The van der Waals surface area contributed by atoms with Gasteiger partial charge in [-0.05, 0) is 122 Å². The fourth-order valence-corrected chi connectivity index (χ4v) is 14.9. The molecule has 90 heavy (non-hydrogen) atoms. The SMILES string of the molecule is c1ccc(-c2cccc(-c3cccc(-c4cccc(-c5ccccc5)c4)c3N3c4cc5c(cc4B4c6cc7oc8ccccc8c7cc6N(c6c(-c7ccccc7)cccc6-c6ccccc6)c6cc7c(oc8ccccc87)c3c64)oc3ccccc35)c2)cc1. The Balaban J connectivity index is 1.02. The second-order valence-electron chi connectivity index (χ2n) is 23.8. The first kappa shape index (κ1) is 50.3. The molecule has 0 saturated heterocycles. The van der Waals surface area contributed by atoms with Crippen LogP contribution in [0.3, 0.4) is 0 Å². The van der Waals surface area contributed by atoms with E-state index in [0.717, 1.165) is 183 Å². The molecule has 3 aromatic heterocycles. The van der Waals surface area contributed by atoms with E-state index in [2.05, 4.69) is 319 Å². The molecule has 19 rings (SSSR count). The van der Waals surface area contributed by atoms with Crippen LogP contribution in [-0.2, 0) is 0 Å². The predicted molar refractivity (Wildman–Crippen MR) is 375 cm³/mol. The van der Waals surface area contributed by atoms with Crippen LogP contribution < -0.4 is 26.2 Å². The van der Waals surface area contributed by atoms with Crippen molar-refractivity contribution in [3.05, 3.63) is 309 Å². The second-order valence-corrected chi connectivity index (χ2v) is 23.8. The molecule has 5 heterocycles. The van der Waals surface area contributed by atoms with E-state index in [-0.39, 0.29) is 6.71 Å². The zero-order valence-corrected chi connectivity index (χ0v) is 48.6. The summed E-state index contributed by atoms with van der Waals surface area (Å²) in [6.45, 7) is -0.372. The maximum atomic E-state index is 7.61. The first-order valence-electron chi connectivity index (χ1n) is 30.8. The Hall–Kier alpha value is -11.9. The monoisotopic (exact) mass is 1150 g/mol. The number of rotatable bonds is 8. The average molecular weight is 1150 g/mol. The highest BCUT2D eigenvalue weighted by atomic mass is 16.3. The van der Waals surface area contributed by atoms with Crippen LogP contribution in [0.15, 0.2) is 323 Å². The van der Waals surface area contributed by atoms with Crippen molar-refractivity contribution in [2.75, 3.05) is 9.80 Å². The van der Waals surface area contributed by atoms with Crippen molar-refractivity contribution in [1.82, 2.24) is 0 Å². The van der Waals surface area contributed by atoms with Crippen molar-refractivity contribution in [2.24, 2.45) is 0 Å². The van der Waals surface area contributed by atoms with Gasteiger partial charge in [0.2, 0.25) is 0 Å². The molecule has 17 aromatic rings. The van der Waals surface area contributed by atoms with Gasteiger partial charge >= 0.3 is 0 Å². The normalized spacial score (nSPS) is 12.6. The number of anilines is 6. The van der Waals surface area contributed by atoms with Crippen molar-refractivity contribution >= 4 is 123 Å². The molecule has 0 saturated carbocycles. The molecule has 14 aromatic carbocycles. The van der Waals surface area contributed by atoms with Crippen molar-refractivity contribution in [1.29, 1.82) is 0 Å². The van der Waals surface area contributed by atoms with Gasteiger partial charge in [-0.25, -0.2) is 0 Å². The number of hydrogen-bond acceptors (Lipinski definition) is 5. The minimum Gasteiger partial charge on any atom is -0.456 e. The number of benzene rings is 14. The van der Waals surface area contributed by atoms with Crippen molar-refractivity contribution < 1.29 is 13.3 Å². The Bertz CT molecular complexity index is 5590. The third kappa shape index (κ3) is 7.65. The topological polar surface area (TPSA) is 45.9 Å². The first-order chi connectivity index (χ1) is 44.6. The lowest BCUT2D eigenvalue weighted by Gasteiger charge is -2.45. The number of para-hydroxylation sites is 5. The van der Waals surface area contributed by atoms with Crippen molar-refractivity contribution in [2.45, 2.75) is 0 Å². The van der Waals surface area contributed by atoms with E-state index in [0.29, 0.717) is 0 Å². The molecule has 0 fully saturated rings. The van der Waals surface area contributed by atoms with Gasteiger partial charge in [0.15, 0.2) is 5.58 Å². The van der Waals surface area contributed by atoms with Crippen molar-refractivity contribution in [3.8, 4) is 66.8 Å². The summed E-state index contributed by atoms with van der Waals surface area (Å²) in [6, 6.07) is 112. The summed E-state index contributed by atoms with van der Waals surface area (Å²) >= 11 is 0. The van der Waals surface area contributed by atoms with Gasteiger partial charge in [-0.3, -0.25) is 0 Å². The lowest BCUT2D eigenvalue weighted by Crippen LogP contribution is -2.61. The predicted octanol–water partition coefficient (Wildman–Crippen LogP) is 21.5. The van der Waals surface area contributed by atoms with E-state index in [1.807, 2.05) is 0 Å². The zero-order chi connectivity index (χ0) is 59.0. The molecule has 0 N–H and O–H groups in total. The molecule has 0 amide bonds.